The number of benzene rings is 2. The summed E-state index contributed by atoms with van der Waals surface area (Å²) >= 11 is 11.0. The molecule has 0 aromatic heterocycles. The highest BCUT2D eigenvalue weighted by Gasteiger charge is 2.30. The summed E-state index contributed by atoms with van der Waals surface area (Å²) in [5, 5.41) is 1.16. The zero-order chi connectivity index (χ0) is 17.8. The Bertz CT molecular complexity index is 705. The lowest BCUT2D eigenvalue weighted by Gasteiger charge is -2.32. The third-order valence-electron chi connectivity index (χ3n) is 4.58. The van der Waals surface area contributed by atoms with Gasteiger partial charge >= 0.3 is 0 Å². The lowest BCUT2D eigenvalue weighted by atomic mass is 10.1. The van der Waals surface area contributed by atoms with E-state index in [1.807, 2.05) is 12.1 Å². The van der Waals surface area contributed by atoms with Gasteiger partial charge in [0.1, 0.15) is 11.1 Å². The molecule has 3 rings (SSSR count). The second kappa shape index (κ2) is 8.74. The van der Waals surface area contributed by atoms with Gasteiger partial charge in [-0.3, -0.25) is 0 Å². The van der Waals surface area contributed by atoms with Crippen molar-refractivity contribution in [2.45, 2.75) is 29.4 Å². The molecule has 1 aliphatic rings. The molecule has 0 spiro atoms. The quantitative estimate of drug-likeness (QED) is 0.664. The van der Waals surface area contributed by atoms with Crippen molar-refractivity contribution in [3.63, 3.8) is 0 Å². The molecule has 1 saturated heterocycles. The third kappa shape index (κ3) is 5.11. The van der Waals surface area contributed by atoms with Crippen LogP contribution in [0.25, 0.3) is 0 Å². The van der Waals surface area contributed by atoms with Crippen LogP contribution in [0.3, 0.4) is 0 Å². The number of halogens is 3. The van der Waals surface area contributed by atoms with Gasteiger partial charge in [0.2, 0.25) is 0 Å². The van der Waals surface area contributed by atoms with Crippen molar-refractivity contribution < 1.29 is 8.94 Å². The first-order valence-electron chi connectivity index (χ1n) is 8.35. The Morgan fingerprint density at radius 2 is 1.76 bits per heavy atom. The van der Waals surface area contributed by atoms with E-state index in [2.05, 4.69) is 4.90 Å². The third-order valence-corrected chi connectivity index (χ3v) is 7.10. The van der Waals surface area contributed by atoms with Crippen molar-refractivity contribution in [3.05, 3.63) is 63.9 Å². The standard InChI is InChI=1S/C19H20Cl2FNOS/c20-15-3-6-19(18(21)13-15)25(24)17-8-11-23(12-9-17)10-7-14-1-4-16(22)5-2-14/h1-6,13,17H,7-12H2. The maximum atomic E-state index is 12.9. The van der Waals surface area contributed by atoms with E-state index in [1.54, 1.807) is 18.2 Å². The summed E-state index contributed by atoms with van der Waals surface area (Å²) in [5.74, 6) is -0.201. The van der Waals surface area contributed by atoms with Crippen LogP contribution in [0.15, 0.2) is 47.4 Å². The minimum absolute atomic E-state index is 0.126. The number of piperidine rings is 1. The largest absolute Gasteiger partial charge is 0.611 e. The fourth-order valence-corrected chi connectivity index (χ4v) is 5.19. The van der Waals surface area contributed by atoms with Gasteiger partial charge in [-0.2, -0.15) is 0 Å². The van der Waals surface area contributed by atoms with Crippen LogP contribution in [0.5, 0.6) is 0 Å². The number of hydrogen-bond donors (Lipinski definition) is 0. The predicted octanol–water partition coefficient (Wildman–Crippen LogP) is 4.95. The van der Waals surface area contributed by atoms with E-state index in [0.29, 0.717) is 14.9 Å². The van der Waals surface area contributed by atoms with E-state index in [1.165, 1.54) is 12.1 Å². The molecule has 1 atom stereocenters. The summed E-state index contributed by atoms with van der Waals surface area (Å²) < 4.78 is 25.7. The molecule has 0 amide bonds. The molecule has 25 heavy (non-hydrogen) atoms. The zero-order valence-corrected chi connectivity index (χ0v) is 16.1. The van der Waals surface area contributed by atoms with Gasteiger partial charge < -0.3 is 9.45 Å². The highest BCUT2D eigenvalue weighted by atomic mass is 35.5. The van der Waals surface area contributed by atoms with E-state index in [-0.39, 0.29) is 11.1 Å². The molecule has 6 heteroatoms. The summed E-state index contributed by atoms with van der Waals surface area (Å²) in [4.78, 5) is 3.05. The Balaban J connectivity index is 1.50. The normalized spacial score (nSPS) is 17.6. The lowest BCUT2D eigenvalue weighted by Crippen LogP contribution is -2.40. The maximum absolute atomic E-state index is 12.9. The highest BCUT2D eigenvalue weighted by Crippen LogP contribution is 2.31. The fraction of sp³-hybridized carbons (Fsp3) is 0.368. The minimum atomic E-state index is -1.11. The van der Waals surface area contributed by atoms with E-state index < -0.39 is 11.2 Å². The van der Waals surface area contributed by atoms with Crippen LogP contribution >= 0.6 is 23.2 Å². The first-order valence-corrected chi connectivity index (χ1v) is 10.3. The predicted molar refractivity (Wildman–Crippen MR) is 102 cm³/mol. The second-order valence-electron chi connectivity index (χ2n) is 6.29. The summed E-state index contributed by atoms with van der Waals surface area (Å²) in [6, 6.07) is 11.8. The Morgan fingerprint density at radius 3 is 2.40 bits per heavy atom. The van der Waals surface area contributed by atoms with Crippen LogP contribution in [-0.2, 0) is 17.6 Å². The van der Waals surface area contributed by atoms with Crippen LogP contribution in [-0.4, -0.2) is 34.3 Å². The van der Waals surface area contributed by atoms with Gasteiger partial charge in [0.25, 0.3) is 0 Å². The number of likely N-dealkylation sites (tertiary alicyclic amines) is 1. The minimum Gasteiger partial charge on any atom is -0.611 e. The molecule has 1 unspecified atom stereocenters. The molecular weight excluding hydrogens is 380 g/mol. The smallest absolute Gasteiger partial charge is 0.171 e. The Labute approximate surface area is 161 Å². The molecule has 0 radical (unpaired) electrons. The monoisotopic (exact) mass is 399 g/mol. The zero-order valence-electron chi connectivity index (χ0n) is 13.8. The molecule has 134 valence electrons. The van der Waals surface area contributed by atoms with Gasteiger partial charge in [0.15, 0.2) is 4.90 Å². The molecule has 0 saturated carbocycles. The van der Waals surface area contributed by atoms with Crippen molar-refractivity contribution in [3.8, 4) is 0 Å². The van der Waals surface area contributed by atoms with Crippen molar-refractivity contribution in [2.24, 2.45) is 0 Å². The number of hydrogen-bond acceptors (Lipinski definition) is 2. The van der Waals surface area contributed by atoms with Crippen molar-refractivity contribution in [1.29, 1.82) is 0 Å². The SMILES string of the molecule is [O-][S+](c1ccc(Cl)cc1Cl)C1CCN(CCc2ccc(F)cc2)CC1. The van der Waals surface area contributed by atoms with Crippen LogP contribution in [0.4, 0.5) is 4.39 Å². The Hall–Kier alpha value is -0.780. The van der Waals surface area contributed by atoms with Crippen molar-refractivity contribution >= 4 is 34.4 Å². The number of rotatable bonds is 5. The van der Waals surface area contributed by atoms with Crippen molar-refractivity contribution in [2.75, 3.05) is 19.6 Å². The van der Waals surface area contributed by atoms with Gasteiger partial charge in [0.05, 0.1) is 5.02 Å². The van der Waals surface area contributed by atoms with Gasteiger partial charge in [-0.05, 0) is 53.5 Å². The number of nitrogens with zero attached hydrogens (tertiary/aromatic N) is 1. The van der Waals surface area contributed by atoms with Gasteiger partial charge in [-0.25, -0.2) is 4.39 Å². The van der Waals surface area contributed by atoms with Crippen LogP contribution in [0, 0.1) is 5.82 Å². The van der Waals surface area contributed by atoms with E-state index in [4.69, 9.17) is 23.2 Å². The van der Waals surface area contributed by atoms with Crippen molar-refractivity contribution in [1.82, 2.24) is 4.90 Å². The molecule has 2 aromatic rings. The van der Waals surface area contributed by atoms with Gasteiger partial charge in [-0.1, -0.05) is 35.3 Å². The van der Waals surface area contributed by atoms with Crippen LogP contribution in [0.1, 0.15) is 18.4 Å². The molecule has 0 aliphatic carbocycles. The lowest BCUT2D eigenvalue weighted by molar-refractivity contribution is 0.232. The molecular formula is C19H20Cl2FNOS. The Morgan fingerprint density at radius 1 is 1.08 bits per heavy atom. The fourth-order valence-electron chi connectivity index (χ4n) is 3.10. The summed E-state index contributed by atoms with van der Waals surface area (Å²) in [7, 11) is 0. The highest BCUT2D eigenvalue weighted by molar-refractivity contribution is 7.92. The van der Waals surface area contributed by atoms with Gasteiger partial charge in [0, 0.05) is 37.5 Å². The van der Waals surface area contributed by atoms with Crippen LogP contribution < -0.4 is 0 Å². The topological polar surface area (TPSA) is 26.3 Å². The Kier molecular flexibility index (Phi) is 6.64. The second-order valence-corrected chi connectivity index (χ2v) is 8.83. The molecule has 0 N–H and O–H groups in total. The first kappa shape index (κ1) is 19.0. The average molecular weight is 400 g/mol. The first-order chi connectivity index (χ1) is 12.0. The molecule has 1 fully saturated rings. The molecule has 0 bridgehead atoms. The van der Waals surface area contributed by atoms with E-state index >= 15 is 0 Å². The summed E-state index contributed by atoms with van der Waals surface area (Å²) in [5.41, 5.74) is 1.14. The molecule has 2 aromatic carbocycles. The maximum Gasteiger partial charge on any atom is 0.171 e. The van der Waals surface area contributed by atoms with Crippen LogP contribution in [0.2, 0.25) is 10.0 Å². The average Bonchev–Trinajstić information content (AvgIpc) is 2.61. The molecule has 1 heterocycles. The summed E-state index contributed by atoms with van der Waals surface area (Å²) in [6.07, 6.45) is 2.67. The van der Waals surface area contributed by atoms with Gasteiger partial charge in [-0.15, -0.1) is 0 Å². The van der Waals surface area contributed by atoms with E-state index in [9.17, 15) is 8.94 Å². The van der Waals surface area contributed by atoms with E-state index in [0.717, 1.165) is 44.5 Å². The molecule has 1 aliphatic heterocycles. The molecule has 2 nitrogen and oxygen atoms in total. The summed E-state index contributed by atoms with van der Waals surface area (Å²) in [6.45, 7) is 2.78.